The third-order valence-electron chi connectivity index (χ3n) is 2.92. The van der Waals surface area contributed by atoms with Gasteiger partial charge < -0.3 is 10.6 Å². The maximum atomic E-state index is 12.8. The van der Waals surface area contributed by atoms with Crippen LogP contribution in [0.1, 0.15) is 15.9 Å². The summed E-state index contributed by atoms with van der Waals surface area (Å²) in [7, 11) is 1.70. The number of carbonyl (C=O) groups is 1. The zero-order valence-electron chi connectivity index (χ0n) is 11.5. The Kier molecular flexibility index (Phi) is 5.11. The van der Waals surface area contributed by atoms with Crippen molar-refractivity contribution in [2.24, 2.45) is 0 Å². The third kappa shape index (κ3) is 4.43. The minimum Gasteiger partial charge on any atom is -0.373 e. The Labute approximate surface area is 127 Å². The molecule has 4 nitrogen and oxygen atoms in total. The molecule has 6 heteroatoms. The van der Waals surface area contributed by atoms with Crippen LogP contribution in [0.3, 0.4) is 0 Å². The molecular formula is C15H15ClFN3O. The van der Waals surface area contributed by atoms with Gasteiger partial charge in [-0.25, -0.2) is 9.37 Å². The van der Waals surface area contributed by atoms with Crippen molar-refractivity contribution in [1.29, 1.82) is 0 Å². The van der Waals surface area contributed by atoms with Gasteiger partial charge in [0.2, 0.25) is 0 Å². The molecule has 2 rings (SSSR count). The molecule has 0 spiro atoms. The van der Waals surface area contributed by atoms with Crippen LogP contribution in [0.5, 0.6) is 0 Å². The number of pyridine rings is 1. The molecule has 0 aliphatic carbocycles. The number of hydrogen-bond donors (Lipinski definition) is 2. The largest absolute Gasteiger partial charge is 0.373 e. The molecule has 2 aromatic rings. The molecule has 1 aromatic heterocycles. The summed E-state index contributed by atoms with van der Waals surface area (Å²) in [5.74, 6) is 0.0397. The highest BCUT2D eigenvalue weighted by Gasteiger charge is 2.08. The van der Waals surface area contributed by atoms with Crippen LogP contribution in [0.4, 0.5) is 10.2 Å². The van der Waals surface area contributed by atoms with Gasteiger partial charge >= 0.3 is 0 Å². The van der Waals surface area contributed by atoms with E-state index < -0.39 is 0 Å². The lowest BCUT2D eigenvalue weighted by atomic mass is 10.1. The van der Waals surface area contributed by atoms with Gasteiger partial charge in [-0.3, -0.25) is 4.79 Å². The number of nitrogens with zero attached hydrogens (tertiary/aromatic N) is 1. The van der Waals surface area contributed by atoms with E-state index in [1.807, 2.05) is 0 Å². The molecule has 1 aromatic carbocycles. The van der Waals surface area contributed by atoms with Crippen LogP contribution in [-0.2, 0) is 6.42 Å². The summed E-state index contributed by atoms with van der Waals surface area (Å²) in [6.45, 7) is 0.458. The number of anilines is 1. The van der Waals surface area contributed by atoms with E-state index in [2.05, 4.69) is 15.6 Å². The standard InChI is InChI=1S/C15H15ClFN3O/c1-18-14-9-11(8-13(16)20-14)15(21)19-7-6-10-2-4-12(17)5-3-10/h2-5,8-9H,6-7H2,1H3,(H,18,20)(H,19,21). The molecule has 1 amide bonds. The monoisotopic (exact) mass is 307 g/mol. The number of hydrogen-bond acceptors (Lipinski definition) is 3. The van der Waals surface area contributed by atoms with Crippen molar-refractivity contribution >= 4 is 23.3 Å². The summed E-state index contributed by atoms with van der Waals surface area (Å²) in [6, 6.07) is 9.33. The van der Waals surface area contributed by atoms with Gasteiger partial charge in [-0.15, -0.1) is 0 Å². The first-order chi connectivity index (χ1) is 10.1. The molecule has 0 unspecified atom stereocenters. The van der Waals surface area contributed by atoms with Crippen LogP contribution < -0.4 is 10.6 Å². The normalized spacial score (nSPS) is 10.2. The number of amides is 1. The van der Waals surface area contributed by atoms with Crippen molar-refractivity contribution < 1.29 is 9.18 Å². The summed E-state index contributed by atoms with van der Waals surface area (Å²) in [5, 5.41) is 5.89. The second-order valence-electron chi connectivity index (χ2n) is 4.45. The second-order valence-corrected chi connectivity index (χ2v) is 4.83. The molecule has 0 saturated heterocycles. The van der Waals surface area contributed by atoms with E-state index in [-0.39, 0.29) is 16.9 Å². The van der Waals surface area contributed by atoms with E-state index in [1.54, 1.807) is 25.2 Å². The van der Waals surface area contributed by atoms with E-state index in [1.165, 1.54) is 18.2 Å². The first-order valence-corrected chi connectivity index (χ1v) is 6.84. The van der Waals surface area contributed by atoms with Crippen molar-refractivity contribution in [3.63, 3.8) is 0 Å². The Morgan fingerprint density at radius 1 is 1.29 bits per heavy atom. The molecule has 0 atom stereocenters. The summed E-state index contributed by atoms with van der Waals surface area (Å²) in [4.78, 5) is 16.0. The summed E-state index contributed by atoms with van der Waals surface area (Å²) >= 11 is 5.85. The molecular weight excluding hydrogens is 293 g/mol. The van der Waals surface area contributed by atoms with Crippen LogP contribution in [0.2, 0.25) is 5.15 Å². The lowest BCUT2D eigenvalue weighted by Gasteiger charge is -2.07. The lowest BCUT2D eigenvalue weighted by Crippen LogP contribution is -2.25. The van der Waals surface area contributed by atoms with E-state index >= 15 is 0 Å². The molecule has 0 aliphatic rings. The minimum atomic E-state index is -0.270. The van der Waals surface area contributed by atoms with Gasteiger partial charge in [0.25, 0.3) is 5.91 Å². The van der Waals surface area contributed by atoms with Crippen LogP contribution >= 0.6 is 11.6 Å². The summed E-state index contributed by atoms with van der Waals surface area (Å²) < 4.78 is 12.8. The molecule has 1 heterocycles. The van der Waals surface area contributed by atoms with Crippen LogP contribution in [-0.4, -0.2) is 24.5 Å². The first-order valence-electron chi connectivity index (χ1n) is 6.46. The van der Waals surface area contributed by atoms with Crippen molar-refractivity contribution in [3.8, 4) is 0 Å². The van der Waals surface area contributed by atoms with Gasteiger partial charge in [-0.05, 0) is 36.2 Å². The number of rotatable bonds is 5. The molecule has 2 N–H and O–H groups in total. The van der Waals surface area contributed by atoms with Gasteiger partial charge in [0, 0.05) is 19.2 Å². The van der Waals surface area contributed by atoms with Crippen LogP contribution in [0.15, 0.2) is 36.4 Å². The molecule has 0 bridgehead atoms. The maximum absolute atomic E-state index is 12.8. The van der Waals surface area contributed by atoms with E-state index in [0.717, 1.165) is 5.56 Å². The quantitative estimate of drug-likeness (QED) is 0.835. The fraction of sp³-hybridized carbons (Fsp3) is 0.200. The number of nitrogens with one attached hydrogen (secondary N) is 2. The first kappa shape index (κ1) is 15.3. The molecule has 110 valence electrons. The van der Waals surface area contributed by atoms with Gasteiger partial charge in [0.1, 0.15) is 16.8 Å². The number of aromatic nitrogens is 1. The van der Waals surface area contributed by atoms with Gasteiger partial charge in [0.15, 0.2) is 0 Å². The van der Waals surface area contributed by atoms with Crippen molar-refractivity contribution in [2.75, 3.05) is 18.9 Å². The highest BCUT2D eigenvalue weighted by atomic mass is 35.5. The maximum Gasteiger partial charge on any atom is 0.251 e. The van der Waals surface area contributed by atoms with Crippen LogP contribution in [0.25, 0.3) is 0 Å². The predicted molar refractivity (Wildman–Crippen MR) is 81.2 cm³/mol. The molecule has 0 radical (unpaired) electrons. The highest BCUT2D eigenvalue weighted by molar-refractivity contribution is 6.29. The number of halogens is 2. The molecule has 0 saturated carbocycles. The Hall–Kier alpha value is -2.14. The van der Waals surface area contributed by atoms with E-state index in [9.17, 15) is 9.18 Å². The number of benzene rings is 1. The zero-order valence-corrected chi connectivity index (χ0v) is 12.2. The van der Waals surface area contributed by atoms with Crippen molar-refractivity contribution in [3.05, 3.63) is 58.5 Å². The van der Waals surface area contributed by atoms with Crippen LogP contribution in [0, 0.1) is 5.82 Å². The van der Waals surface area contributed by atoms with Gasteiger partial charge in [-0.2, -0.15) is 0 Å². The molecule has 21 heavy (non-hydrogen) atoms. The second kappa shape index (κ2) is 7.04. The van der Waals surface area contributed by atoms with Gasteiger partial charge in [-0.1, -0.05) is 23.7 Å². The van der Waals surface area contributed by atoms with E-state index in [0.29, 0.717) is 24.3 Å². The van der Waals surface area contributed by atoms with Crippen molar-refractivity contribution in [1.82, 2.24) is 10.3 Å². The smallest absolute Gasteiger partial charge is 0.251 e. The Bertz CT molecular complexity index is 631. The summed E-state index contributed by atoms with van der Waals surface area (Å²) in [5.41, 5.74) is 1.40. The average Bonchev–Trinajstić information content (AvgIpc) is 2.48. The minimum absolute atomic E-state index is 0.224. The summed E-state index contributed by atoms with van der Waals surface area (Å²) in [6.07, 6.45) is 0.629. The molecule has 0 fully saturated rings. The third-order valence-corrected chi connectivity index (χ3v) is 3.12. The van der Waals surface area contributed by atoms with Gasteiger partial charge in [0.05, 0.1) is 0 Å². The fourth-order valence-corrected chi connectivity index (χ4v) is 2.04. The Balaban J connectivity index is 1.92. The van der Waals surface area contributed by atoms with Crippen molar-refractivity contribution in [2.45, 2.75) is 6.42 Å². The Morgan fingerprint density at radius 3 is 2.67 bits per heavy atom. The number of carbonyl (C=O) groups excluding carboxylic acids is 1. The molecule has 0 aliphatic heterocycles. The highest BCUT2D eigenvalue weighted by Crippen LogP contribution is 2.14. The average molecular weight is 308 g/mol. The zero-order chi connectivity index (χ0) is 15.2. The van der Waals surface area contributed by atoms with E-state index in [4.69, 9.17) is 11.6 Å². The fourth-order valence-electron chi connectivity index (χ4n) is 1.83. The topological polar surface area (TPSA) is 54.0 Å². The lowest BCUT2D eigenvalue weighted by molar-refractivity contribution is 0.0954. The SMILES string of the molecule is CNc1cc(C(=O)NCCc2ccc(F)cc2)cc(Cl)n1. The predicted octanol–water partition coefficient (Wildman–Crippen LogP) is 2.89. The Morgan fingerprint density at radius 2 is 2.00 bits per heavy atom.